The summed E-state index contributed by atoms with van der Waals surface area (Å²) in [6.07, 6.45) is 0.814. The number of hydrogen-bond donors (Lipinski definition) is 2. The van der Waals surface area contributed by atoms with Crippen molar-refractivity contribution in [2.45, 2.75) is 13.0 Å². The second-order valence-electron chi connectivity index (χ2n) is 5.11. The Kier molecular flexibility index (Phi) is 6.59. The number of para-hydroxylation sites is 2. The van der Waals surface area contributed by atoms with Gasteiger partial charge >= 0.3 is 0 Å². The van der Waals surface area contributed by atoms with Crippen LogP contribution in [0.25, 0.3) is 0 Å². The Morgan fingerprint density at radius 3 is 2.48 bits per heavy atom. The normalized spacial score (nSPS) is 11.1. The molecule has 0 aliphatic heterocycles. The zero-order chi connectivity index (χ0) is 18.1. The van der Waals surface area contributed by atoms with Crippen LogP contribution in [-0.4, -0.2) is 24.5 Å². The summed E-state index contributed by atoms with van der Waals surface area (Å²) in [6.45, 7) is 5.44. The lowest BCUT2D eigenvalue weighted by molar-refractivity contribution is -0.128. The largest absolute Gasteiger partial charge is 0.489 e. The number of rotatable bonds is 7. The van der Waals surface area contributed by atoms with Crippen LogP contribution in [0.3, 0.4) is 0 Å². The van der Waals surface area contributed by atoms with Gasteiger partial charge in [-0.2, -0.15) is 0 Å². The minimum atomic E-state index is -0.769. The van der Waals surface area contributed by atoms with E-state index in [4.69, 9.17) is 9.47 Å². The highest BCUT2D eigenvalue weighted by molar-refractivity contribution is 5.98. The fourth-order valence-corrected chi connectivity index (χ4v) is 1.97. The first-order valence-corrected chi connectivity index (χ1v) is 7.76. The number of carbonyl (C=O) groups is 2. The van der Waals surface area contributed by atoms with Crippen LogP contribution in [0.5, 0.6) is 11.5 Å². The number of benzene rings is 2. The molecule has 0 aromatic heterocycles. The quantitative estimate of drug-likeness (QED) is 0.600. The molecule has 0 spiro atoms. The number of amides is 2. The van der Waals surface area contributed by atoms with E-state index < -0.39 is 17.9 Å². The van der Waals surface area contributed by atoms with E-state index in [-0.39, 0.29) is 6.61 Å². The molecular weight excluding hydrogens is 320 g/mol. The molecule has 0 saturated carbocycles. The van der Waals surface area contributed by atoms with Crippen LogP contribution in [0.15, 0.2) is 67.3 Å². The molecule has 6 nitrogen and oxygen atoms in total. The van der Waals surface area contributed by atoms with Gasteiger partial charge in [-0.1, -0.05) is 43.0 Å². The van der Waals surface area contributed by atoms with E-state index in [2.05, 4.69) is 17.4 Å². The second kappa shape index (κ2) is 9.12. The molecule has 0 radical (unpaired) electrons. The first-order chi connectivity index (χ1) is 12.1. The Balaban J connectivity index is 1.91. The van der Waals surface area contributed by atoms with Gasteiger partial charge < -0.3 is 9.47 Å². The van der Waals surface area contributed by atoms with Crippen molar-refractivity contribution in [2.75, 3.05) is 6.61 Å². The Morgan fingerprint density at radius 2 is 1.76 bits per heavy atom. The minimum Gasteiger partial charge on any atom is -0.489 e. The highest BCUT2D eigenvalue weighted by atomic mass is 16.5. The van der Waals surface area contributed by atoms with Crippen molar-refractivity contribution in [3.63, 3.8) is 0 Å². The summed E-state index contributed by atoms with van der Waals surface area (Å²) in [5, 5.41) is 0. The van der Waals surface area contributed by atoms with E-state index in [1.165, 1.54) is 0 Å². The molecule has 25 heavy (non-hydrogen) atoms. The zero-order valence-corrected chi connectivity index (χ0v) is 13.9. The molecule has 6 heteroatoms. The average Bonchev–Trinajstić information content (AvgIpc) is 2.65. The molecule has 2 rings (SSSR count). The first-order valence-electron chi connectivity index (χ1n) is 7.76. The smallest absolute Gasteiger partial charge is 0.279 e. The molecule has 2 aromatic carbocycles. The molecule has 2 N–H and O–H groups in total. The summed E-state index contributed by atoms with van der Waals surface area (Å²) in [6, 6.07) is 15.7. The van der Waals surface area contributed by atoms with Crippen LogP contribution >= 0.6 is 0 Å². The Hall–Kier alpha value is -3.28. The standard InChI is InChI=1S/C19H20N2O4/c1-3-13-24-17-12-8-7-11-16(17)19(23)21-20-18(22)14(2)25-15-9-5-4-6-10-15/h3-12,14H,1,13H2,2H3,(H,20,22)(H,21,23). The van der Waals surface area contributed by atoms with Crippen molar-refractivity contribution in [2.24, 2.45) is 0 Å². The Morgan fingerprint density at radius 1 is 1.08 bits per heavy atom. The van der Waals surface area contributed by atoms with Crippen LogP contribution in [-0.2, 0) is 4.79 Å². The van der Waals surface area contributed by atoms with Crippen LogP contribution in [0.4, 0.5) is 0 Å². The van der Waals surface area contributed by atoms with E-state index in [1.54, 1.807) is 49.4 Å². The monoisotopic (exact) mass is 340 g/mol. The lowest BCUT2D eigenvalue weighted by Crippen LogP contribution is -2.47. The summed E-state index contributed by atoms with van der Waals surface area (Å²) in [5.74, 6) is 0.0176. The van der Waals surface area contributed by atoms with Gasteiger partial charge in [-0.05, 0) is 31.2 Å². The molecule has 0 aliphatic carbocycles. The Bertz CT molecular complexity index is 731. The van der Waals surface area contributed by atoms with Gasteiger partial charge in [-0.3, -0.25) is 20.4 Å². The van der Waals surface area contributed by atoms with E-state index in [0.717, 1.165) is 0 Å². The van der Waals surface area contributed by atoms with E-state index >= 15 is 0 Å². The molecule has 0 bridgehead atoms. The topological polar surface area (TPSA) is 76.7 Å². The van der Waals surface area contributed by atoms with Crippen LogP contribution in [0.1, 0.15) is 17.3 Å². The molecule has 130 valence electrons. The molecule has 0 saturated heterocycles. The molecular formula is C19H20N2O4. The molecule has 0 aliphatic rings. The molecule has 0 heterocycles. The number of hydrogen-bond acceptors (Lipinski definition) is 4. The van der Waals surface area contributed by atoms with E-state index in [1.807, 2.05) is 18.2 Å². The molecule has 1 atom stereocenters. The van der Waals surface area contributed by atoms with Gasteiger partial charge in [0.1, 0.15) is 18.1 Å². The summed E-state index contributed by atoms with van der Waals surface area (Å²) < 4.78 is 10.9. The maximum absolute atomic E-state index is 12.2. The van der Waals surface area contributed by atoms with E-state index in [0.29, 0.717) is 17.1 Å². The lowest BCUT2D eigenvalue weighted by Gasteiger charge is -2.15. The summed E-state index contributed by atoms with van der Waals surface area (Å²) in [4.78, 5) is 24.3. The van der Waals surface area contributed by atoms with Crippen molar-refractivity contribution >= 4 is 11.8 Å². The summed E-state index contributed by atoms with van der Waals surface area (Å²) in [7, 11) is 0. The fraction of sp³-hybridized carbons (Fsp3) is 0.158. The van der Waals surface area contributed by atoms with Crippen molar-refractivity contribution in [3.8, 4) is 11.5 Å². The van der Waals surface area contributed by atoms with Gasteiger partial charge in [0.15, 0.2) is 6.10 Å². The third-order valence-corrected chi connectivity index (χ3v) is 3.21. The van der Waals surface area contributed by atoms with Gasteiger partial charge in [0.2, 0.25) is 0 Å². The maximum Gasteiger partial charge on any atom is 0.279 e. The summed E-state index contributed by atoms with van der Waals surface area (Å²) >= 11 is 0. The van der Waals surface area contributed by atoms with Crippen molar-refractivity contribution in [1.82, 2.24) is 10.9 Å². The highest BCUT2D eigenvalue weighted by Crippen LogP contribution is 2.17. The number of hydrazine groups is 1. The fourth-order valence-electron chi connectivity index (χ4n) is 1.97. The number of nitrogens with one attached hydrogen (secondary N) is 2. The third-order valence-electron chi connectivity index (χ3n) is 3.21. The average molecular weight is 340 g/mol. The zero-order valence-electron chi connectivity index (χ0n) is 13.9. The molecule has 2 aromatic rings. The van der Waals surface area contributed by atoms with Gasteiger partial charge in [-0.15, -0.1) is 0 Å². The third kappa shape index (κ3) is 5.39. The van der Waals surface area contributed by atoms with Gasteiger partial charge in [0, 0.05) is 0 Å². The van der Waals surface area contributed by atoms with Crippen molar-refractivity contribution < 1.29 is 19.1 Å². The second-order valence-corrected chi connectivity index (χ2v) is 5.11. The van der Waals surface area contributed by atoms with Crippen molar-refractivity contribution in [1.29, 1.82) is 0 Å². The lowest BCUT2D eigenvalue weighted by atomic mass is 10.2. The van der Waals surface area contributed by atoms with E-state index in [9.17, 15) is 9.59 Å². The summed E-state index contributed by atoms with van der Waals surface area (Å²) in [5.41, 5.74) is 5.01. The molecule has 1 unspecified atom stereocenters. The van der Waals surface area contributed by atoms with Gasteiger partial charge in [0.25, 0.3) is 11.8 Å². The number of carbonyl (C=O) groups excluding carboxylic acids is 2. The molecule has 0 fully saturated rings. The van der Waals surface area contributed by atoms with Gasteiger partial charge in [0.05, 0.1) is 5.56 Å². The predicted molar refractivity (Wildman–Crippen MR) is 94.3 cm³/mol. The van der Waals surface area contributed by atoms with Crippen molar-refractivity contribution in [3.05, 3.63) is 72.8 Å². The maximum atomic E-state index is 12.2. The molecule has 2 amide bonds. The minimum absolute atomic E-state index is 0.276. The highest BCUT2D eigenvalue weighted by Gasteiger charge is 2.17. The van der Waals surface area contributed by atoms with Crippen LogP contribution in [0, 0.1) is 0 Å². The van der Waals surface area contributed by atoms with Gasteiger partial charge in [-0.25, -0.2) is 0 Å². The van der Waals surface area contributed by atoms with Crippen LogP contribution < -0.4 is 20.3 Å². The Labute approximate surface area is 146 Å². The predicted octanol–water partition coefficient (Wildman–Crippen LogP) is 2.48. The first kappa shape index (κ1) is 18.1. The SMILES string of the molecule is C=CCOc1ccccc1C(=O)NNC(=O)C(C)Oc1ccccc1. The van der Waals surface area contributed by atoms with Crippen LogP contribution in [0.2, 0.25) is 0 Å². The number of ether oxygens (including phenoxy) is 2.